The first-order valence-corrected chi connectivity index (χ1v) is 11.9. The first-order chi connectivity index (χ1) is 14.1. The Kier molecular flexibility index (Phi) is 16.0. The van der Waals surface area contributed by atoms with E-state index >= 15 is 0 Å². The summed E-state index contributed by atoms with van der Waals surface area (Å²) in [5.74, 6) is -0.170. The second kappa shape index (κ2) is 17.0. The summed E-state index contributed by atoms with van der Waals surface area (Å²) in [6.45, 7) is 12.2. The molecule has 0 rings (SSSR count). The summed E-state index contributed by atoms with van der Waals surface area (Å²) < 4.78 is 0. The lowest BCUT2D eigenvalue weighted by molar-refractivity contribution is -0.140. The quantitative estimate of drug-likeness (QED) is 0.229. The van der Waals surface area contributed by atoms with Gasteiger partial charge in [-0.1, -0.05) is 46.6 Å². The SMILES string of the molecule is CC(=O)N[C@@H](CSC/C=C(\C)CC/C=C(/C)CC/C=C(/C)CCC=C(C)C)C(=O)O. The Morgan fingerprint density at radius 2 is 1.27 bits per heavy atom. The summed E-state index contributed by atoms with van der Waals surface area (Å²) in [5, 5.41) is 11.6. The molecule has 0 aromatic heterocycles. The summed E-state index contributed by atoms with van der Waals surface area (Å²) in [5.41, 5.74) is 5.61. The van der Waals surface area contributed by atoms with Gasteiger partial charge in [0.2, 0.25) is 5.91 Å². The molecule has 170 valence electrons. The van der Waals surface area contributed by atoms with Crippen LogP contribution in [0.25, 0.3) is 0 Å². The molecule has 0 saturated heterocycles. The molecule has 0 radical (unpaired) electrons. The second-order valence-electron chi connectivity index (χ2n) is 8.18. The van der Waals surface area contributed by atoms with Gasteiger partial charge in [0.15, 0.2) is 0 Å². The molecule has 4 nitrogen and oxygen atoms in total. The number of carbonyl (C=O) groups is 2. The van der Waals surface area contributed by atoms with Crippen molar-refractivity contribution in [2.45, 2.75) is 86.1 Å². The number of hydrogen-bond acceptors (Lipinski definition) is 3. The minimum Gasteiger partial charge on any atom is -0.480 e. The molecule has 5 heteroatoms. The van der Waals surface area contributed by atoms with Crippen molar-refractivity contribution in [2.75, 3.05) is 11.5 Å². The van der Waals surface area contributed by atoms with Crippen molar-refractivity contribution in [3.05, 3.63) is 46.6 Å². The molecule has 0 fully saturated rings. The first-order valence-electron chi connectivity index (χ1n) is 10.8. The fraction of sp³-hybridized carbons (Fsp3) is 0.600. The molecule has 0 heterocycles. The largest absolute Gasteiger partial charge is 0.480 e. The van der Waals surface area contributed by atoms with Gasteiger partial charge in [-0.25, -0.2) is 4.79 Å². The van der Waals surface area contributed by atoms with Gasteiger partial charge in [0.05, 0.1) is 0 Å². The molecular weight excluding hydrogens is 394 g/mol. The minimum atomic E-state index is -0.989. The zero-order valence-corrected chi connectivity index (χ0v) is 20.5. The van der Waals surface area contributed by atoms with Gasteiger partial charge in [0.1, 0.15) is 6.04 Å². The minimum absolute atomic E-state index is 0.314. The van der Waals surface area contributed by atoms with Crippen LogP contribution in [0.4, 0.5) is 0 Å². The van der Waals surface area contributed by atoms with Crippen LogP contribution in [0, 0.1) is 0 Å². The summed E-state index contributed by atoms with van der Waals surface area (Å²) in [4.78, 5) is 22.1. The Labute approximate surface area is 188 Å². The summed E-state index contributed by atoms with van der Waals surface area (Å²) in [6, 6.07) is -0.822. The van der Waals surface area contributed by atoms with E-state index in [-0.39, 0.29) is 5.91 Å². The van der Waals surface area contributed by atoms with E-state index in [9.17, 15) is 9.59 Å². The van der Waals surface area contributed by atoms with E-state index in [2.05, 4.69) is 64.2 Å². The molecule has 0 bridgehead atoms. The number of allylic oxidation sites excluding steroid dienone is 7. The number of carboxylic acids is 1. The van der Waals surface area contributed by atoms with Crippen molar-refractivity contribution in [3.8, 4) is 0 Å². The lowest BCUT2D eigenvalue weighted by atomic mass is 10.0. The normalized spacial score (nSPS) is 13.7. The van der Waals surface area contributed by atoms with Gasteiger partial charge in [-0.2, -0.15) is 11.8 Å². The monoisotopic (exact) mass is 435 g/mol. The summed E-state index contributed by atoms with van der Waals surface area (Å²) in [6.07, 6.45) is 15.7. The number of carboxylic acid groups (broad SMARTS) is 1. The summed E-state index contributed by atoms with van der Waals surface area (Å²) in [7, 11) is 0. The Morgan fingerprint density at radius 1 is 0.800 bits per heavy atom. The summed E-state index contributed by atoms with van der Waals surface area (Å²) >= 11 is 1.52. The molecule has 0 aromatic carbocycles. The van der Waals surface area contributed by atoms with E-state index in [1.54, 1.807) is 0 Å². The Morgan fingerprint density at radius 3 is 1.70 bits per heavy atom. The number of aliphatic carboxylic acids is 1. The topological polar surface area (TPSA) is 66.4 Å². The maximum absolute atomic E-state index is 11.1. The lowest BCUT2D eigenvalue weighted by Crippen LogP contribution is -2.41. The van der Waals surface area contributed by atoms with Crippen LogP contribution in [0.15, 0.2) is 46.6 Å². The fourth-order valence-electron chi connectivity index (χ4n) is 2.79. The van der Waals surface area contributed by atoms with Crippen molar-refractivity contribution < 1.29 is 14.7 Å². The number of nitrogens with one attached hydrogen (secondary N) is 1. The van der Waals surface area contributed by atoms with Crippen LogP contribution >= 0.6 is 11.8 Å². The predicted octanol–water partition coefficient (Wildman–Crippen LogP) is 6.45. The van der Waals surface area contributed by atoms with Crippen molar-refractivity contribution in [2.24, 2.45) is 0 Å². The average Bonchev–Trinajstić information content (AvgIpc) is 2.63. The third-order valence-electron chi connectivity index (χ3n) is 4.66. The third kappa shape index (κ3) is 17.1. The third-order valence-corrected chi connectivity index (χ3v) is 5.64. The van der Waals surface area contributed by atoms with E-state index < -0.39 is 12.0 Å². The highest BCUT2D eigenvalue weighted by Crippen LogP contribution is 2.14. The molecule has 0 spiro atoms. The van der Waals surface area contributed by atoms with Gasteiger partial charge in [-0.05, 0) is 73.1 Å². The molecule has 2 N–H and O–H groups in total. The number of thioether (sulfide) groups is 1. The van der Waals surface area contributed by atoms with Gasteiger partial charge in [-0.3, -0.25) is 4.79 Å². The van der Waals surface area contributed by atoms with Crippen molar-refractivity contribution in [3.63, 3.8) is 0 Å². The second-order valence-corrected chi connectivity index (χ2v) is 9.25. The maximum atomic E-state index is 11.1. The van der Waals surface area contributed by atoms with E-state index in [1.165, 1.54) is 41.0 Å². The molecule has 1 atom stereocenters. The van der Waals surface area contributed by atoms with Crippen LogP contribution in [-0.2, 0) is 9.59 Å². The molecule has 0 saturated carbocycles. The Hall–Kier alpha value is -1.75. The van der Waals surface area contributed by atoms with Gasteiger partial charge in [0, 0.05) is 18.4 Å². The average molecular weight is 436 g/mol. The lowest BCUT2D eigenvalue weighted by Gasteiger charge is -2.12. The van der Waals surface area contributed by atoms with E-state index in [0.29, 0.717) is 5.75 Å². The van der Waals surface area contributed by atoms with Gasteiger partial charge in [0.25, 0.3) is 0 Å². The van der Waals surface area contributed by atoms with Crippen molar-refractivity contribution in [1.29, 1.82) is 0 Å². The van der Waals surface area contributed by atoms with Crippen molar-refractivity contribution >= 4 is 23.6 Å². The van der Waals surface area contributed by atoms with Crippen LogP contribution in [0.1, 0.15) is 80.1 Å². The van der Waals surface area contributed by atoms with Gasteiger partial charge in [-0.15, -0.1) is 0 Å². The van der Waals surface area contributed by atoms with Crippen LogP contribution in [0.2, 0.25) is 0 Å². The number of hydrogen-bond donors (Lipinski definition) is 2. The van der Waals surface area contributed by atoms with E-state index in [0.717, 1.165) is 44.3 Å². The molecular formula is C25H41NO3S. The molecule has 0 unspecified atom stereocenters. The van der Waals surface area contributed by atoms with Gasteiger partial charge >= 0.3 is 5.97 Å². The maximum Gasteiger partial charge on any atom is 0.327 e. The molecule has 0 aromatic rings. The highest BCUT2D eigenvalue weighted by atomic mass is 32.2. The number of rotatable bonds is 15. The molecule has 1 amide bonds. The van der Waals surface area contributed by atoms with Crippen molar-refractivity contribution in [1.82, 2.24) is 5.32 Å². The standard InChI is InChI=1S/C25H41NO3S/c1-19(2)10-7-11-20(3)12-8-13-21(4)14-9-15-22(5)16-17-30-18-24(25(28)29)26-23(6)27/h10,12,14,16,24H,7-9,11,13,15,17-18H2,1-6H3,(H,26,27)(H,28,29)/b20-12-,21-14-,22-16+/t24-/m0/s1. The molecule has 0 aliphatic heterocycles. The predicted molar refractivity (Wildman–Crippen MR) is 131 cm³/mol. The zero-order chi connectivity index (χ0) is 22.9. The highest BCUT2D eigenvalue weighted by molar-refractivity contribution is 7.99. The van der Waals surface area contributed by atoms with Crippen LogP contribution < -0.4 is 5.32 Å². The van der Waals surface area contributed by atoms with Crippen LogP contribution in [-0.4, -0.2) is 34.5 Å². The fourth-order valence-corrected chi connectivity index (χ4v) is 3.79. The molecule has 0 aliphatic rings. The zero-order valence-electron chi connectivity index (χ0n) is 19.7. The number of amides is 1. The van der Waals surface area contributed by atoms with Crippen LogP contribution in [0.3, 0.4) is 0 Å². The molecule has 0 aliphatic carbocycles. The highest BCUT2D eigenvalue weighted by Gasteiger charge is 2.17. The first kappa shape index (κ1) is 28.2. The Bertz CT molecular complexity index is 655. The van der Waals surface area contributed by atoms with Crippen LogP contribution in [0.5, 0.6) is 0 Å². The van der Waals surface area contributed by atoms with Gasteiger partial charge < -0.3 is 10.4 Å². The Balaban J connectivity index is 4.12. The smallest absolute Gasteiger partial charge is 0.327 e. The molecule has 30 heavy (non-hydrogen) atoms. The van der Waals surface area contributed by atoms with E-state index in [1.807, 2.05) is 0 Å². The van der Waals surface area contributed by atoms with E-state index in [4.69, 9.17) is 5.11 Å². The number of carbonyl (C=O) groups excluding carboxylic acids is 1.